The fraction of sp³-hybridized carbons (Fsp3) is 0.538. The maximum Gasteiger partial charge on any atom is 0.0613 e. The van der Waals surface area contributed by atoms with Gasteiger partial charge < -0.3 is 10.4 Å². The van der Waals surface area contributed by atoms with Crippen molar-refractivity contribution in [1.29, 1.82) is 0 Å². The number of benzene rings is 1. The lowest BCUT2D eigenvalue weighted by Gasteiger charge is -2.28. The van der Waals surface area contributed by atoms with Crippen LogP contribution in [0, 0.1) is 0 Å². The fourth-order valence-corrected chi connectivity index (χ4v) is 2.79. The molecule has 2 rings (SSSR count). The molecule has 0 unspecified atom stereocenters. The predicted molar refractivity (Wildman–Crippen MR) is 69.3 cm³/mol. The number of hydrogen-bond acceptors (Lipinski definition) is 2. The molecule has 1 aromatic carbocycles. The van der Waals surface area contributed by atoms with E-state index in [1.54, 1.807) is 0 Å². The Hall–Kier alpha value is -0.380. The predicted octanol–water partition coefficient (Wildman–Crippen LogP) is 2.84. The van der Waals surface area contributed by atoms with Gasteiger partial charge in [0.2, 0.25) is 0 Å². The summed E-state index contributed by atoms with van der Waals surface area (Å²) in [5, 5.41) is 13.0. The Morgan fingerprint density at radius 3 is 2.56 bits per heavy atom. The van der Waals surface area contributed by atoms with Crippen LogP contribution in [0.2, 0.25) is 0 Å². The minimum atomic E-state index is -0.0325. The van der Waals surface area contributed by atoms with Gasteiger partial charge in [-0.25, -0.2) is 0 Å². The molecule has 2 nitrogen and oxygen atoms in total. The van der Waals surface area contributed by atoms with E-state index in [9.17, 15) is 5.11 Å². The molecule has 88 valence electrons. The SMILES string of the molecule is OCC1(NCc2ccccc2Br)CCCC1. The molecule has 2 N–H and O–H groups in total. The monoisotopic (exact) mass is 283 g/mol. The lowest BCUT2D eigenvalue weighted by molar-refractivity contribution is 0.163. The molecule has 0 bridgehead atoms. The van der Waals surface area contributed by atoms with Crippen LogP contribution in [-0.2, 0) is 6.54 Å². The van der Waals surface area contributed by atoms with Crippen LogP contribution in [0.25, 0.3) is 0 Å². The van der Waals surface area contributed by atoms with Gasteiger partial charge in [0.1, 0.15) is 0 Å². The van der Waals surface area contributed by atoms with Crippen LogP contribution >= 0.6 is 15.9 Å². The third-order valence-electron chi connectivity index (χ3n) is 3.48. The van der Waals surface area contributed by atoms with Crippen molar-refractivity contribution in [3.8, 4) is 0 Å². The Bertz CT molecular complexity index is 348. The zero-order valence-electron chi connectivity index (χ0n) is 9.38. The van der Waals surface area contributed by atoms with Gasteiger partial charge in [-0.3, -0.25) is 0 Å². The van der Waals surface area contributed by atoms with E-state index in [0.717, 1.165) is 23.9 Å². The van der Waals surface area contributed by atoms with Crippen LogP contribution in [0.3, 0.4) is 0 Å². The van der Waals surface area contributed by atoms with Gasteiger partial charge in [0, 0.05) is 16.6 Å². The average Bonchev–Trinajstić information content (AvgIpc) is 2.78. The lowest BCUT2D eigenvalue weighted by Crippen LogP contribution is -2.45. The molecule has 0 aliphatic heterocycles. The molecule has 1 aliphatic rings. The Balaban J connectivity index is 1.98. The third kappa shape index (κ3) is 2.65. The Morgan fingerprint density at radius 2 is 1.94 bits per heavy atom. The van der Waals surface area contributed by atoms with Gasteiger partial charge in [0.15, 0.2) is 0 Å². The molecule has 1 aromatic rings. The fourth-order valence-electron chi connectivity index (χ4n) is 2.37. The molecule has 1 aliphatic carbocycles. The first-order valence-electron chi connectivity index (χ1n) is 5.85. The van der Waals surface area contributed by atoms with Gasteiger partial charge in [-0.15, -0.1) is 0 Å². The normalized spacial score (nSPS) is 18.9. The van der Waals surface area contributed by atoms with Crippen LogP contribution < -0.4 is 5.32 Å². The highest BCUT2D eigenvalue weighted by Gasteiger charge is 2.32. The lowest BCUT2D eigenvalue weighted by atomic mass is 9.98. The zero-order chi connectivity index (χ0) is 11.4. The molecule has 0 radical (unpaired) electrons. The van der Waals surface area contributed by atoms with Gasteiger partial charge in [-0.1, -0.05) is 47.0 Å². The van der Waals surface area contributed by atoms with Crippen molar-refractivity contribution in [2.24, 2.45) is 0 Å². The van der Waals surface area contributed by atoms with Crippen molar-refractivity contribution in [1.82, 2.24) is 5.32 Å². The van der Waals surface area contributed by atoms with Crippen LogP contribution in [0.1, 0.15) is 31.2 Å². The topological polar surface area (TPSA) is 32.3 Å². The van der Waals surface area contributed by atoms with Crippen LogP contribution in [0.15, 0.2) is 28.7 Å². The molecule has 1 fully saturated rings. The molecule has 0 amide bonds. The number of hydrogen-bond donors (Lipinski definition) is 2. The molecule has 0 saturated heterocycles. The quantitative estimate of drug-likeness (QED) is 0.891. The maximum atomic E-state index is 9.49. The summed E-state index contributed by atoms with van der Waals surface area (Å²) in [6.07, 6.45) is 4.63. The number of aliphatic hydroxyl groups is 1. The second-order valence-corrected chi connectivity index (χ2v) is 5.44. The summed E-state index contributed by atoms with van der Waals surface area (Å²) in [5.41, 5.74) is 1.22. The van der Waals surface area contributed by atoms with Crippen molar-refractivity contribution in [3.05, 3.63) is 34.3 Å². The summed E-state index contributed by atoms with van der Waals surface area (Å²) in [5.74, 6) is 0. The second kappa shape index (κ2) is 5.30. The standard InChI is InChI=1S/C13H18BrNO/c14-12-6-2-1-5-11(12)9-15-13(10-16)7-3-4-8-13/h1-2,5-6,15-16H,3-4,7-10H2. The molecule has 3 heteroatoms. The minimum absolute atomic E-state index is 0.0325. The van der Waals surface area contributed by atoms with Gasteiger partial charge >= 0.3 is 0 Å². The number of aliphatic hydroxyl groups excluding tert-OH is 1. The van der Waals surface area contributed by atoms with E-state index in [4.69, 9.17) is 0 Å². The number of rotatable bonds is 4. The van der Waals surface area contributed by atoms with E-state index in [-0.39, 0.29) is 12.1 Å². The van der Waals surface area contributed by atoms with Crippen molar-refractivity contribution < 1.29 is 5.11 Å². The van der Waals surface area contributed by atoms with Crippen molar-refractivity contribution in [3.63, 3.8) is 0 Å². The first-order valence-corrected chi connectivity index (χ1v) is 6.64. The van der Waals surface area contributed by atoms with E-state index in [0.29, 0.717) is 0 Å². The van der Waals surface area contributed by atoms with Gasteiger partial charge in [-0.2, -0.15) is 0 Å². The van der Waals surface area contributed by atoms with E-state index >= 15 is 0 Å². The van der Waals surface area contributed by atoms with E-state index in [1.807, 2.05) is 12.1 Å². The summed E-state index contributed by atoms with van der Waals surface area (Å²) in [6.45, 7) is 1.07. The molecule has 16 heavy (non-hydrogen) atoms. The molecule has 0 aromatic heterocycles. The van der Waals surface area contributed by atoms with Crippen LogP contribution in [0.4, 0.5) is 0 Å². The van der Waals surface area contributed by atoms with Gasteiger partial charge in [0.25, 0.3) is 0 Å². The first-order chi connectivity index (χ1) is 7.76. The highest BCUT2D eigenvalue weighted by molar-refractivity contribution is 9.10. The van der Waals surface area contributed by atoms with Crippen molar-refractivity contribution >= 4 is 15.9 Å². The van der Waals surface area contributed by atoms with Gasteiger partial charge in [0.05, 0.1) is 6.61 Å². The van der Waals surface area contributed by atoms with E-state index in [2.05, 4.69) is 33.4 Å². The summed E-state index contributed by atoms with van der Waals surface area (Å²) in [7, 11) is 0. The van der Waals surface area contributed by atoms with Gasteiger partial charge in [-0.05, 0) is 24.5 Å². The smallest absolute Gasteiger partial charge is 0.0613 e. The minimum Gasteiger partial charge on any atom is -0.394 e. The summed E-state index contributed by atoms with van der Waals surface area (Å²) >= 11 is 3.54. The van der Waals surface area contributed by atoms with Crippen LogP contribution in [0.5, 0.6) is 0 Å². The van der Waals surface area contributed by atoms with Crippen molar-refractivity contribution in [2.75, 3.05) is 6.61 Å². The van der Waals surface area contributed by atoms with Crippen molar-refractivity contribution in [2.45, 2.75) is 37.8 Å². The van der Waals surface area contributed by atoms with E-state index in [1.165, 1.54) is 18.4 Å². The molecular formula is C13H18BrNO. The largest absolute Gasteiger partial charge is 0.394 e. The maximum absolute atomic E-state index is 9.49. The summed E-state index contributed by atoms with van der Waals surface area (Å²) < 4.78 is 1.13. The summed E-state index contributed by atoms with van der Waals surface area (Å²) in [4.78, 5) is 0. The third-order valence-corrected chi connectivity index (χ3v) is 4.25. The molecule has 0 spiro atoms. The van der Waals surface area contributed by atoms with E-state index < -0.39 is 0 Å². The Kier molecular flexibility index (Phi) is 4.00. The average molecular weight is 284 g/mol. The van der Waals surface area contributed by atoms with Crippen LogP contribution in [-0.4, -0.2) is 17.3 Å². The molecule has 0 atom stereocenters. The zero-order valence-corrected chi connectivity index (χ0v) is 11.0. The second-order valence-electron chi connectivity index (χ2n) is 4.59. The molecule has 0 heterocycles. The number of halogens is 1. The first kappa shape index (κ1) is 12.1. The number of nitrogens with one attached hydrogen (secondary N) is 1. The summed E-state index contributed by atoms with van der Waals surface area (Å²) in [6, 6.07) is 8.22. The molecule has 1 saturated carbocycles. The Labute approximate surface area is 105 Å². The highest BCUT2D eigenvalue weighted by atomic mass is 79.9. The Morgan fingerprint density at radius 1 is 1.25 bits per heavy atom. The molecular weight excluding hydrogens is 266 g/mol. The highest BCUT2D eigenvalue weighted by Crippen LogP contribution is 2.29.